The fraction of sp³-hybridized carbons (Fsp3) is 0.545. The SMILES string of the molecule is COCCNCc1ccc(C)n(C)c1=O. The monoisotopic (exact) mass is 210 g/mol. The van der Waals surface area contributed by atoms with E-state index >= 15 is 0 Å². The molecule has 0 aliphatic carbocycles. The summed E-state index contributed by atoms with van der Waals surface area (Å²) in [5, 5.41) is 3.15. The van der Waals surface area contributed by atoms with Gasteiger partial charge in [0.05, 0.1) is 6.61 Å². The quantitative estimate of drug-likeness (QED) is 0.717. The molecule has 0 spiro atoms. The summed E-state index contributed by atoms with van der Waals surface area (Å²) < 4.78 is 6.57. The highest BCUT2D eigenvalue weighted by Crippen LogP contribution is 1.95. The van der Waals surface area contributed by atoms with Gasteiger partial charge in [-0.3, -0.25) is 4.79 Å². The van der Waals surface area contributed by atoms with Crippen molar-refractivity contribution in [3.8, 4) is 0 Å². The van der Waals surface area contributed by atoms with Gasteiger partial charge >= 0.3 is 0 Å². The smallest absolute Gasteiger partial charge is 0.254 e. The molecule has 0 bridgehead atoms. The van der Waals surface area contributed by atoms with Gasteiger partial charge in [0.15, 0.2) is 0 Å². The minimum absolute atomic E-state index is 0.0694. The van der Waals surface area contributed by atoms with Gasteiger partial charge in [-0.2, -0.15) is 0 Å². The van der Waals surface area contributed by atoms with Crippen LogP contribution in [0.25, 0.3) is 0 Å². The number of hydrogen-bond donors (Lipinski definition) is 1. The highest BCUT2D eigenvalue weighted by atomic mass is 16.5. The number of pyridine rings is 1. The second-order valence-electron chi connectivity index (χ2n) is 3.53. The Hall–Kier alpha value is -1.13. The molecule has 1 heterocycles. The predicted molar refractivity (Wildman–Crippen MR) is 60.0 cm³/mol. The van der Waals surface area contributed by atoms with Crippen molar-refractivity contribution in [2.24, 2.45) is 7.05 Å². The van der Waals surface area contributed by atoms with Crippen molar-refractivity contribution in [2.45, 2.75) is 13.5 Å². The first-order chi connectivity index (χ1) is 7.16. The second kappa shape index (κ2) is 5.68. The van der Waals surface area contributed by atoms with Crippen LogP contribution in [-0.4, -0.2) is 24.8 Å². The predicted octanol–water partition coefficient (Wildman–Crippen LogP) is 0.430. The first-order valence-corrected chi connectivity index (χ1v) is 5.02. The molecule has 0 saturated carbocycles. The molecule has 84 valence electrons. The normalized spacial score (nSPS) is 10.6. The van der Waals surface area contributed by atoms with E-state index in [-0.39, 0.29) is 5.56 Å². The summed E-state index contributed by atoms with van der Waals surface area (Å²) in [4.78, 5) is 11.7. The molecule has 0 atom stereocenters. The first-order valence-electron chi connectivity index (χ1n) is 5.02. The van der Waals surface area contributed by atoms with Gasteiger partial charge in [0.2, 0.25) is 0 Å². The standard InChI is InChI=1S/C11H18N2O2/c1-9-4-5-10(11(14)13(9)2)8-12-6-7-15-3/h4-5,12H,6-8H2,1-3H3. The Morgan fingerprint density at radius 1 is 1.47 bits per heavy atom. The number of hydrogen-bond acceptors (Lipinski definition) is 3. The van der Waals surface area contributed by atoms with Crippen LogP contribution >= 0.6 is 0 Å². The topological polar surface area (TPSA) is 43.3 Å². The Kier molecular flexibility index (Phi) is 4.52. The molecular weight excluding hydrogens is 192 g/mol. The molecular formula is C11H18N2O2. The lowest BCUT2D eigenvalue weighted by Gasteiger charge is -2.07. The Balaban J connectivity index is 2.63. The molecule has 0 aliphatic rings. The molecule has 4 heteroatoms. The van der Waals surface area contributed by atoms with E-state index < -0.39 is 0 Å². The van der Waals surface area contributed by atoms with Gasteiger partial charge in [-0.05, 0) is 13.0 Å². The fourth-order valence-electron chi connectivity index (χ4n) is 1.31. The summed E-state index contributed by atoms with van der Waals surface area (Å²) in [6.07, 6.45) is 0. The first kappa shape index (κ1) is 11.9. The van der Waals surface area contributed by atoms with E-state index in [0.717, 1.165) is 17.8 Å². The third-order valence-electron chi connectivity index (χ3n) is 2.43. The van der Waals surface area contributed by atoms with Crippen LogP contribution in [0.5, 0.6) is 0 Å². The molecule has 1 rings (SSSR count). The van der Waals surface area contributed by atoms with Gasteiger partial charge in [0.25, 0.3) is 5.56 Å². The lowest BCUT2D eigenvalue weighted by Crippen LogP contribution is -2.27. The number of methoxy groups -OCH3 is 1. The Labute approximate surface area is 89.9 Å². The van der Waals surface area contributed by atoms with Crippen molar-refractivity contribution >= 4 is 0 Å². The summed E-state index contributed by atoms with van der Waals surface area (Å²) in [5.74, 6) is 0. The maximum Gasteiger partial charge on any atom is 0.254 e. The van der Waals surface area contributed by atoms with Crippen LogP contribution in [0.4, 0.5) is 0 Å². The number of rotatable bonds is 5. The fourth-order valence-corrected chi connectivity index (χ4v) is 1.31. The van der Waals surface area contributed by atoms with Crippen molar-refractivity contribution in [1.29, 1.82) is 0 Å². The largest absolute Gasteiger partial charge is 0.383 e. The van der Waals surface area contributed by atoms with E-state index in [1.54, 1.807) is 18.7 Å². The summed E-state index contributed by atoms with van der Waals surface area (Å²) in [6, 6.07) is 3.83. The molecule has 15 heavy (non-hydrogen) atoms. The van der Waals surface area contributed by atoms with E-state index in [4.69, 9.17) is 4.74 Å². The maximum atomic E-state index is 11.7. The van der Waals surface area contributed by atoms with Crippen molar-refractivity contribution in [3.05, 3.63) is 33.7 Å². The molecule has 1 N–H and O–H groups in total. The van der Waals surface area contributed by atoms with Crippen LogP contribution in [0.2, 0.25) is 0 Å². The number of nitrogens with one attached hydrogen (secondary N) is 1. The summed E-state index contributed by atoms with van der Waals surface area (Å²) >= 11 is 0. The molecule has 1 aromatic heterocycles. The van der Waals surface area contributed by atoms with Gasteiger partial charge < -0.3 is 14.6 Å². The molecule has 0 fully saturated rings. The van der Waals surface area contributed by atoms with E-state index in [1.165, 1.54) is 0 Å². The molecule has 0 aliphatic heterocycles. The number of nitrogens with zero attached hydrogens (tertiary/aromatic N) is 1. The lowest BCUT2D eigenvalue weighted by atomic mass is 10.2. The number of ether oxygens (including phenoxy) is 1. The molecule has 4 nitrogen and oxygen atoms in total. The highest BCUT2D eigenvalue weighted by Gasteiger charge is 2.02. The molecule has 0 saturated heterocycles. The zero-order chi connectivity index (χ0) is 11.3. The Morgan fingerprint density at radius 2 is 2.20 bits per heavy atom. The van der Waals surface area contributed by atoms with Crippen LogP contribution in [0.15, 0.2) is 16.9 Å². The van der Waals surface area contributed by atoms with Gasteiger partial charge in [0, 0.05) is 38.5 Å². The van der Waals surface area contributed by atoms with E-state index in [2.05, 4.69) is 5.32 Å². The Bertz CT molecular complexity index is 371. The molecule has 0 aromatic carbocycles. The molecule has 0 radical (unpaired) electrons. The van der Waals surface area contributed by atoms with Gasteiger partial charge in [0.1, 0.15) is 0 Å². The minimum atomic E-state index is 0.0694. The number of aromatic nitrogens is 1. The third kappa shape index (κ3) is 3.18. The van der Waals surface area contributed by atoms with Crippen LogP contribution in [0.3, 0.4) is 0 Å². The van der Waals surface area contributed by atoms with Crippen molar-refractivity contribution in [3.63, 3.8) is 0 Å². The van der Waals surface area contributed by atoms with E-state index in [1.807, 2.05) is 19.1 Å². The van der Waals surface area contributed by atoms with E-state index in [0.29, 0.717) is 13.2 Å². The van der Waals surface area contributed by atoms with Crippen LogP contribution in [-0.2, 0) is 18.3 Å². The Morgan fingerprint density at radius 3 is 2.87 bits per heavy atom. The molecule has 1 aromatic rings. The summed E-state index contributed by atoms with van der Waals surface area (Å²) in [5.41, 5.74) is 1.83. The lowest BCUT2D eigenvalue weighted by molar-refractivity contribution is 0.199. The maximum absolute atomic E-state index is 11.7. The van der Waals surface area contributed by atoms with Crippen LogP contribution in [0, 0.1) is 6.92 Å². The summed E-state index contributed by atoms with van der Waals surface area (Å²) in [7, 11) is 3.45. The third-order valence-corrected chi connectivity index (χ3v) is 2.43. The zero-order valence-electron chi connectivity index (χ0n) is 9.54. The van der Waals surface area contributed by atoms with Crippen molar-refractivity contribution < 1.29 is 4.74 Å². The zero-order valence-corrected chi connectivity index (χ0v) is 9.54. The minimum Gasteiger partial charge on any atom is -0.383 e. The average molecular weight is 210 g/mol. The van der Waals surface area contributed by atoms with E-state index in [9.17, 15) is 4.79 Å². The van der Waals surface area contributed by atoms with Crippen molar-refractivity contribution in [2.75, 3.05) is 20.3 Å². The van der Waals surface area contributed by atoms with Gasteiger partial charge in [-0.1, -0.05) is 6.07 Å². The van der Waals surface area contributed by atoms with Gasteiger partial charge in [-0.25, -0.2) is 0 Å². The highest BCUT2D eigenvalue weighted by molar-refractivity contribution is 5.14. The van der Waals surface area contributed by atoms with Gasteiger partial charge in [-0.15, -0.1) is 0 Å². The van der Waals surface area contributed by atoms with Crippen LogP contribution in [0.1, 0.15) is 11.3 Å². The molecule has 0 amide bonds. The van der Waals surface area contributed by atoms with Crippen molar-refractivity contribution in [1.82, 2.24) is 9.88 Å². The number of aryl methyl sites for hydroxylation is 1. The van der Waals surface area contributed by atoms with Crippen LogP contribution < -0.4 is 10.9 Å². The molecule has 0 unspecified atom stereocenters. The average Bonchev–Trinajstić information content (AvgIpc) is 2.24. The second-order valence-corrected chi connectivity index (χ2v) is 3.53. The summed E-state index contributed by atoms with van der Waals surface area (Å²) in [6.45, 7) is 3.93.